The molecule has 3 N–H and O–H groups in total. The Morgan fingerprint density at radius 2 is 1.52 bits per heavy atom. The van der Waals surface area contributed by atoms with Crippen LogP contribution in [0.3, 0.4) is 0 Å². The van der Waals surface area contributed by atoms with Crippen LogP contribution in [-0.2, 0) is 9.84 Å². The number of sulfone groups is 1. The summed E-state index contributed by atoms with van der Waals surface area (Å²) in [6.45, 7) is 0. The molecule has 33 heavy (non-hydrogen) atoms. The Bertz CT molecular complexity index is 1170. The number of fused-ring (bicyclic) bond motifs is 2. The molecule has 11 heteroatoms. The highest BCUT2D eigenvalue weighted by molar-refractivity contribution is 7.92. The number of aliphatic hydroxyl groups is 2. The first-order valence-electron chi connectivity index (χ1n) is 10.3. The number of anilines is 1. The van der Waals surface area contributed by atoms with Crippen LogP contribution in [0.4, 0.5) is 18.9 Å². The molecule has 0 spiro atoms. The number of amides is 1. The number of carbonyl (C=O) groups is 1. The molecule has 4 rings (SSSR count). The Kier molecular flexibility index (Phi) is 6.47. The van der Waals surface area contributed by atoms with Crippen molar-refractivity contribution in [2.45, 2.75) is 48.0 Å². The number of halogens is 4. The topological polar surface area (TPSA) is 104 Å². The molecule has 2 aliphatic rings. The predicted octanol–water partition coefficient (Wildman–Crippen LogP) is 3.69. The van der Waals surface area contributed by atoms with E-state index in [0.29, 0.717) is 25.0 Å². The molecule has 178 valence electrons. The lowest BCUT2D eigenvalue weighted by molar-refractivity contribution is 0.00104. The maximum atomic E-state index is 13.6. The summed E-state index contributed by atoms with van der Waals surface area (Å²) in [5.74, 6) is -6.27. The third-order valence-corrected chi connectivity index (χ3v) is 9.35. The van der Waals surface area contributed by atoms with Gasteiger partial charge >= 0.3 is 0 Å². The van der Waals surface area contributed by atoms with Gasteiger partial charge in [-0.3, -0.25) is 4.79 Å². The van der Waals surface area contributed by atoms with Crippen molar-refractivity contribution in [1.82, 2.24) is 0 Å². The monoisotopic (exact) mass is 503 g/mol. The van der Waals surface area contributed by atoms with Crippen LogP contribution in [0.15, 0.2) is 35.2 Å². The molecule has 1 amide bonds. The molecular formula is C22H21ClF3NO5S. The molecule has 2 aromatic rings. The van der Waals surface area contributed by atoms with E-state index in [1.165, 1.54) is 12.1 Å². The van der Waals surface area contributed by atoms with Gasteiger partial charge in [0.1, 0.15) is 0 Å². The van der Waals surface area contributed by atoms with Crippen molar-refractivity contribution in [2.24, 2.45) is 11.8 Å². The fraction of sp³-hybridized carbons (Fsp3) is 0.409. The van der Waals surface area contributed by atoms with Gasteiger partial charge in [-0.15, -0.1) is 0 Å². The number of aliphatic hydroxyl groups excluding tert-OH is 2. The molecule has 2 bridgehead atoms. The highest BCUT2D eigenvalue weighted by Crippen LogP contribution is 2.47. The third kappa shape index (κ3) is 4.49. The Hall–Kier alpha value is -2.14. The molecule has 2 saturated carbocycles. The van der Waals surface area contributed by atoms with E-state index in [2.05, 4.69) is 5.32 Å². The van der Waals surface area contributed by atoms with E-state index in [0.717, 1.165) is 6.07 Å². The average molecular weight is 504 g/mol. The number of carbonyl (C=O) groups excluding carboxylic acids is 1. The fourth-order valence-electron chi connectivity index (χ4n) is 4.93. The molecule has 5 atom stereocenters. The quantitative estimate of drug-likeness (QED) is 0.552. The third-order valence-electron chi connectivity index (χ3n) is 6.47. The second-order valence-corrected chi connectivity index (χ2v) is 11.0. The van der Waals surface area contributed by atoms with Crippen molar-refractivity contribution >= 4 is 33.0 Å². The second-order valence-electron chi connectivity index (χ2n) is 8.57. The summed E-state index contributed by atoms with van der Waals surface area (Å²) in [5, 5.41) is 21.4. The summed E-state index contributed by atoms with van der Waals surface area (Å²) in [4.78, 5) is 12.3. The maximum absolute atomic E-state index is 13.6. The van der Waals surface area contributed by atoms with Crippen LogP contribution in [0.25, 0.3) is 0 Å². The number of hydrogen-bond acceptors (Lipinski definition) is 5. The zero-order chi connectivity index (χ0) is 24.1. The van der Waals surface area contributed by atoms with E-state index in [9.17, 15) is 36.6 Å². The molecule has 0 saturated heterocycles. The minimum absolute atomic E-state index is 0.102. The average Bonchev–Trinajstić information content (AvgIpc) is 3.08. The van der Waals surface area contributed by atoms with Crippen molar-refractivity contribution in [1.29, 1.82) is 0 Å². The minimum Gasteiger partial charge on any atom is -0.390 e. The summed E-state index contributed by atoms with van der Waals surface area (Å²) in [5.41, 5.74) is -0.482. The van der Waals surface area contributed by atoms with Gasteiger partial charge in [0.15, 0.2) is 27.3 Å². The lowest BCUT2D eigenvalue weighted by Gasteiger charge is -2.23. The molecule has 2 fully saturated rings. The Balaban J connectivity index is 1.65. The van der Waals surface area contributed by atoms with Gasteiger partial charge in [0.25, 0.3) is 5.91 Å². The number of benzene rings is 2. The van der Waals surface area contributed by atoms with Gasteiger partial charge in [-0.25, -0.2) is 21.6 Å². The molecule has 0 heterocycles. The highest BCUT2D eigenvalue weighted by Gasteiger charge is 2.49. The first kappa shape index (κ1) is 24.0. The molecule has 0 aliphatic heterocycles. The lowest BCUT2D eigenvalue weighted by Crippen LogP contribution is -2.31. The van der Waals surface area contributed by atoms with E-state index in [1.54, 1.807) is 0 Å². The van der Waals surface area contributed by atoms with Crippen LogP contribution < -0.4 is 5.32 Å². The Morgan fingerprint density at radius 1 is 0.970 bits per heavy atom. The van der Waals surface area contributed by atoms with Crippen molar-refractivity contribution < 1.29 is 36.6 Å². The normalized spacial score (nSPS) is 27.3. The fourth-order valence-corrected chi connectivity index (χ4v) is 7.80. The molecule has 0 aromatic heterocycles. The molecular weight excluding hydrogens is 483 g/mol. The van der Waals surface area contributed by atoms with Gasteiger partial charge in [0, 0.05) is 23.4 Å². The van der Waals surface area contributed by atoms with Gasteiger partial charge in [-0.2, -0.15) is 0 Å². The lowest BCUT2D eigenvalue weighted by atomic mass is 9.96. The molecule has 0 radical (unpaired) electrons. The van der Waals surface area contributed by atoms with E-state index < -0.39 is 50.7 Å². The van der Waals surface area contributed by atoms with Gasteiger partial charge in [-0.1, -0.05) is 11.6 Å². The standard InChI is InChI=1S/C22H21ClF3NO5S/c23-14-4-3-12(22(30)27-13-8-15(24)20(26)16(25)9-13)7-19(14)33(31,32)21-10-1-2-11(21)6-18(29)17(28)5-10/h3-4,7-11,17-18,21,28-29H,1-2,5-6H2,(H,27,30)/t10-,11?,17-,18?,21?/m0/s1. The predicted molar refractivity (Wildman–Crippen MR) is 114 cm³/mol. The molecule has 6 nitrogen and oxygen atoms in total. The van der Waals surface area contributed by atoms with E-state index >= 15 is 0 Å². The molecule has 2 aliphatic carbocycles. The van der Waals surface area contributed by atoms with E-state index in [1.807, 2.05) is 0 Å². The smallest absolute Gasteiger partial charge is 0.255 e. The van der Waals surface area contributed by atoms with Gasteiger partial charge < -0.3 is 15.5 Å². The van der Waals surface area contributed by atoms with Crippen LogP contribution in [0, 0.1) is 29.3 Å². The summed E-state index contributed by atoms with van der Waals surface area (Å²) in [6.07, 6.45) is -0.582. The van der Waals surface area contributed by atoms with Crippen molar-refractivity contribution in [3.8, 4) is 0 Å². The SMILES string of the molecule is O=C(Nc1cc(F)c(F)c(F)c1)c1ccc(Cl)c(S(=O)(=O)C2C3CC[C@H]2C[C@H](O)C(O)C3)c1. The number of nitrogens with one attached hydrogen (secondary N) is 1. The zero-order valence-corrected chi connectivity index (χ0v) is 18.7. The molecule has 2 aromatic carbocycles. The second kappa shape index (κ2) is 8.90. The van der Waals surface area contributed by atoms with Gasteiger partial charge in [-0.05, 0) is 55.7 Å². The van der Waals surface area contributed by atoms with Crippen molar-refractivity contribution in [3.05, 3.63) is 58.4 Å². The largest absolute Gasteiger partial charge is 0.390 e. The summed E-state index contributed by atoms with van der Waals surface area (Å²) < 4.78 is 67.2. The first-order valence-corrected chi connectivity index (χ1v) is 12.3. The minimum atomic E-state index is -4.05. The number of rotatable bonds is 4. The van der Waals surface area contributed by atoms with Crippen LogP contribution in [0.2, 0.25) is 5.02 Å². The summed E-state index contributed by atoms with van der Waals surface area (Å²) >= 11 is 6.19. The van der Waals surface area contributed by atoms with Crippen molar-refractivity contribution in [2.75, 3.05) is 5.32 Å². The van der Waals surface area contributed by atoms with Gasteiger partial charge in [0.2, 0.25) is 0 Å². The Labute approximate surface area is 193 Å². The summed E-state index contributed by atoms with van der Waals surface area (Å²) in [7, 11) is -4.05. The first-order chi connectivity index (χ1) is 15.5. The van der Waals surface area contributed by atoms with Gasteiger partial charge in [0.05, 0.1) is 27.4 Å². The van der Waals surface area contributed by atoms with Crippen LogP contribution in [-0.4, -0.2) is 42.0 Å². The summed E-state index contributed by atoms with van der Waals surface area (Å²) in [6, 6.07) is 4.77. The van der Waals surface area contributed by atoms with E-state index in [4.69, 9.17) is 11.6 Å². The zero-order valence-electron chi connectivity index (χ0n) is 17.1. The van der Waals surface area contributed by atoms with Crippen LogP contribution in [0.1, 0.15) is 36.0 Å². The van der Waals surface area contributed by atoms with Crippen LogP contribution in [0.5, 0.6) is 0 Å². The van der Waals surface area contributed by atoms with Crippen LogP contribution >= 0.6 is 11.6 Å². The maximum Gasteiger partial charge on any atom is 0.255 e. The number of hydrogen-bond donors (Lipinski definition) is 3. The molecule has 3 unspecified atom stereocenters. The van der Waals surface area contributed by atoms with Crippen molar-refractivity contribution in [3.63, 3.8) is 0 Å². The Morgan fingerprint density at radius 3 is 2.06 bits per heavy atom. The highest BCUT2D eigenvalue weighted by atomic mass is 35.5. The van der Waals surface area contributed by atoms with E-state index in [-0.39, 0.29) is 45.8 Å².